The van der Waals surface area contributed by atoms with E-state index >= 15 is 0 Å². The van der Waals surface area contributed by atoms with Gasteiger partial charge in [-0.25, -0.2) is 9.78 Å². The van der Waals surface area contributed by atoms with Crippen LogP contribution >= 0.6 is 0 Å². The molecule has 1 aromatic heterocycles. The van der Waals surface area contributed by atoms with Gasteiger partial charge in [0.1, 0.15) is 48.4 Å². The summed E-state index contributed by atoms with van der Waals surface area (Å²) < 4.78 is 17.5. The normalized spacial score (nSPS) is 14.0. The minimum absolute atomic E-state index is 0.0782. The predicted octanol–water partition coefficient (Wildman–Crippen LogP) is 6.03. The second kappa shape index (κ2) is 29.3. The van der Waals surface area contributed by atoms with E-state index in [4.69, 9.17) is 24.3 Å². The van der Waals surface area contributed by atoms with E-state index in [1.807, 2.05) is 141 Å². The van der Waals surface area contributed by atoms with Crippen LogP contribution in [-0.4, -0.2) is 123 Å². The highest BCUT2D eigenvalue weighted by Crippen LogP contribution is 2.30. The molecule has 0 unspecified atom stereocenters. The first-order valence-corrected chi connectivity index (χ1v) is 25.5. The Labute approximate surface area is 440 Å². The van der Waals surface area contributed by atoms with Crippen LogP contribution in [0.4, 0.5) is 4.79 Å². The van der Waals surface area contributed by atoms with E-state index < -0.39 is 78.6 Å². The van der Waals surface area contributed by atoms with E-state index in [0.29, 0.717) is 56.9 Å². The fraction of sp³-hybridized carbons (Fsp3) is 0.431. The molecule has 5 aromatic rings. The van der Waals surface area contributed by atoms with E-state index in [1.54, 1.807) is 20.8 Å². The Hall–Kier alpha value is -6.89. The minimum atomic E-state index is -1.90. The SMILES string of the molecule is CC(C)(C)OC(=O)N[C@@H](CCCCNC(=O)[C@H](Cc1ccc(OCc2ccccc2)cc1)NC(=O)C(C)(C)CCCCOc1cc(-c2ccccc2)cc(-c2ccccc2)n1)C(=O)NC[C@H](O)[C@@H](O)[C@H](O)[C@H](O)CO. The number of benzene rings is 4. The predicted molar refractivity (Wildman–Crippen MR) is 285 cm³/mol. The van der Waals surface area contributed by atoms with Gasteiger partial charge in [0.25, 0.3) is 0 Å². The fourth-order valence-electron chi connectivity index (χ4n) is 7.89. The number of pyridine rings is 1. The molecule has 0 aliphatic heterocycles. The molecule has 6 atom stereocenters. The smallest absolute Gasteiger partial charge is 0.408 e. The van der Waals surface area contributed by atoms with Gasteiger partial charge in [0.15, 0.2) is 0 Å². The molecule has 0 spiro atoms. The van der Waals surface area contributed by atoms with Crippen LogP contribution in [0.2, 0.25) is 0 Å². The number of nitrogens with zero attached hydrogens (tertiary/aromatic N) is 1. The summed E-state index contributed by atoms with van der Waals surface area (Å²) in [6, 6.07) is 39.0. The Morgan fingerprint density at radius 1 is 0.613 bits per heavy atom. The second-order valence-corrected chi connectivity index (χ2v) is 20.2. The van der Waals surface area contributed by atoms with Gasteiger partial charge in [0.2, 0.25) is 23.6 Å². The number of carbonyl (C=O) groups is 4. The monoisotopic (exact) mass is 1030 g/mol. The summed E-state index contributed by atoms with van der Waals surface area (Å²) in [6.07, 6.45) is -5.36. The van der Waals surface area contributed by atoms with Crippen molar-refractivity contribution in [2.75, 3.05) is 26.3 Å². The average molecular weight is 1030 g/mol. The molecule has 17 nitrogen and oxygen atoms in total. The van der Waals surface area contributed by atoms with E-state index in [0.717, 1.165) is 33.5 Å². The molecule has 404 valence electrons. The van der Waals surface area contributed by atoms with Crippen LogP contribution < -0.4 is 30.7 Å². The van der Waals surface area contributed by atoms with Gasteiger partial charge in [0.05, 0.1) is 25.0 Å². The Morgan fingerprint density at radius 2 is 1.23 bits per heavy atom. The summed E-state index contributed by atoms with van der Waals surface area (Å²) >= 11 is 0. The zero-order valence-corrected chi connectivity index (χ0v) is 43.6. The number of amides is 4. The van der Waals surface area contributed by atoms with Crippen LogP contribution in [-0.2, 0) is 32.1 Å². The first-order chi connectivity index (χ1) is 35.8. The van der Waals surface area contributed by atoms with E-state index in [9.17, 15) is 39.6 Å². The maximum atomic E-state index is 14.1. The van der Waals surface area contributed by atoms with E-state index in [1.165, 1.54) is 0 Å². The summed E-state index contributed by atoms with van der Waals surface area (Å²) in [6.45, 7) is 8.17. The molecule has 0 bridgehead atoms. The molecule has 9 N–H and O–H groups in total. The lowest BCUT2D eigenvalue weighted by Crippen LogP contribution is -2.53. The van der Waals surface area contributed by atoms with Gasteiger partial charge in [-0.1, -0.05) is 117 Å². The number of aliphatic hydroxyl groups excluding tert-OH is 5. The summed E-state index contributed by atoms with van der Waals surface area (Å²) in [7, 11) is 0. The molecule has 0 fully saturated rings. The third kappa shape index (κ3) is 20.1. The van der Waals surface area contributed by atoms with E-state index in [2.05, 4.69) is 21.3 Å². The van der Waals surface area contributed by atoms with Gasteiger partial charge in [-0.05, 0) is 99.7 Å². The lowest BCUT2D eigenvalue weighted by molar-refractivity contribution is -0.134. The number of nitrogens with one attached hydrogen (secondary N) is 4. The van der Waals surface area contributed by atoms with Gasteiger partial charge in [-0.2, -0.15) is 0 Å². The molecule has 0 aliphatic rings. The minimum Gasteiger partial charge on any atom is -0.489 e. The molecule has 0 aliphatic carbocycles. The number of aromatic nitrogens is 1. The molecule has 0 radical (unpaired) electrons. The highest BCUT2D eigenvalue weighted by Gasteiger charge is 2.33. The molecule has 0 saturated carbocycles. The lowest BCUT2D eigenvalue weighted by Gasteiger charge is -2.27. The van der Waals surface area contributed by atoms with Crippen molar-refractivity contribution in [2.24, 2.45) is 5.41 Å². The van der Waals surface area contributed by atoms with Gasteiger partial charge in [-0.3, -0.25) is 14.4 Å². The van der Waals surface area contributed by atoms with Crippen molar-refractivity contribution in [3.8, 4) is 34.0 Å². The van der Waals surface area contributed by atoms with Crippen molar-refractivity contribution in [3.63, 3.8) is 0 Å². The number of carbonyl (C=O) groups excluding carboxylic acids is 4. The van der Waals surface area contributed by atoms with Gasteiger partial charge < -0.3 is 61.0 Å². The number of hydrogen-bond acceptors (Lipinski definition) is 13. The first-order valence-electron chi connectivity index (χ1n) is 25.5. The molecule has 1 heterocycles. The van der Waals surface area contributed by atoms with Crippen molar-refractivity contribution >= 4 is 23.8 Å². The highest BCUT2D eigenvalue weighted by molar-refractivity contribution is 5.90. The standard InChI is InChI=1S/C58H75N5O12/c1-57(2,3)75-56(72)63-45(53(69)60-36-48(65)51(67)52(68)49(66)37-64)25-15-17-31-59-54(70)47(33-39-26-28-44(29-27-39)74-38-40-19-9-6-10-20-40)62-55(71)58(4,5)30-16-18-32-73-50-35-43(41-21-11-7-12-22-41)34-46(61-50)42-23-13-8-14-24-42/h6-14,19-24,26-29,34-35,45,47-49,51-52,64-68H,15-18,25,30-33,36-38H2,1-5H3,(H,59,70)(H,60,69)(H,62,71)(H,63,72)/t45-,47-,48-,49+,51+,52+/m0/s1. The van der Waals surface area contributed by atoms with Crippen LogP contribution in [0.5, 0.6) is 11.6 Å². The van der Waals surface area contributed by atoms with Gasteiger partial charge in [-0.15, -0.1) is 0 Å². The molecule has 4 amide bonds. The molecule has 75 heavy (non-hydrogen) atoms. The fourth-order valence-corrected chi connectivity index (χ4v) is 7.89. The Morgan fingerprint density at radius 3 is 1.87 bits per heavy atom. The summed E-state index contributed by atoms with van der Waals surface area (Å²) in [4.78, 5) is 58.9. The van der Waals surface area contributed by atoms with Gasteiger partial charge in [0, 0.05) is 36.6 Å². The van der Waals surface area contributed by atoms with Crippen molar-refractivity contribution in [1.29, 1.82) is 0 Å². The topological polar surface area (TPSA) is 258 Å². The number of ether oxygens (including phenoxy) is 3. The molecular formula is C58H75N5O12. The van der Waals surface area contributed by atoms with Crippen molar-refractivity contribution < 1.29 is 58.9 Å². The van der Waals surface area contributed by atoms with Crippen molar-refractivity contribution in [1.82, 2.24) is 26.3 Å². The summed E-state index contributed by atoms with van der Waals surface area (Å²) in [5.74, 6) is -0.295. The number of rotatable bonds is 29. The molecular weight excluding hydrogens is 959 g/mol. The number of aliphatic hydroxyl groups is 5. The molecule has 0 saturated heterocycles. The van der Waals surface area contributed by atoms with Gasteiger partial charge >= 0.3 is 6.09 Å². The first kappa shape index (κ1) is 59.0. The number of hydrogen-bond donors (Lipinski definition) is 9. The van der Waals surface area contributed by atoms with Crippen LogP contribution in [0, 0.1) is 5.41 Å². The number of alkyl carbamates (subject to hydrolysis) is 1. The maximum Gasteiger partial charge on any atom is 0.408 e. The third-order valence-electron chi connectivity index (χ3n) is 12.3. The van der Waals surface area contributed by atoms with Crippen LogP contribution in [0.25, 0.3) is 22.4 Å². The summed E-state index contributed by atoms with van der Waals surface area (Å²) in [5.41, 5.74) is 3.87. The molecule has 4 aromatic carbocycles. The highest BCUT2D eigenvalue weighted by atomic mass is 16.6. The van der Waals surface area contributed by atoms with Crippen LogP contribution in [0.1, 0.15) is 84.3 Å². The molecule has 17 heteroatoms. The quantitative estimate of drug-likeness (QED) is 0.0248. The number of unbranched alkanes of at least 4 members (excludes halogenated alkanes) is 2. The van der Waals surface area contributed by atoms with Crippen molar-refractivity contribution in [2.45, 2.75) is 128 Å². The Bertz CT molecular complexity index is 2470. The maximum absolute atomic E-state index is 14.1. The average Bonchev–Trinajstić information content (AvgIpc) is 3.40. The largest absolute Gasteiger partial charge is 0.489 e. The van der Waals surface area contributed by atoms with Crippen LogP contribution in [0.15, 0.2) is 127 Å². The van der Waals surface area contributed by atoms with E-state index in [-0.39, 0.29) is 25.3 Å². The zero-order chi connectivity index (χ0) is 54.4. The third-order valence-corrected chi connectivity index (χ3v) is 12.3. The van der Waals surface area contributed by atoms with Crippen LogP contribution in [0.3, 0.4) is 0 Å². The Balaban J connectivity index is 1.19. The second-order valence-electron chi connectivity index (χ2n) is 20.2. The Kier molecular flexibility index (Phi) is 23.0. The lowest BCUT2D eigenvalue weighted by atomic mass is 9.85. The zero-order valence-electron chi connectivity index (χ0n) is 43.6. The molecule has 5 rings (SSSR count). The van der Waals surface area contributed by atoms with Crippen molar-refractivity contribution in [3.05, 3.63) is 139 Å². The summed E-state index contributed by atoms with van der Waals surface area (Å²) in [5, 5.41) is 60.2.